The number of halogens is 3. The van der Waals surface area contributed by atoms with E-state index in [2.05, 4.69) is 6.58 Å². The second-order valence-electron chi connectivity index (χ2n) is 4.49. The van der Waals surface area contributed by atoms with Crippen LogP contribution in [0.4, 0.5) is 13.2 Å². The number of ether oxygens (including phenoxy) is 1. The number of aliphatic hydroxyl groups is 1. The maximum absolute atomic E-state index is 12.8. The molecule has 5 heteroatoms. The molecule has 16 heavy (non-hydrogen) atoms. The summed E-state index contributed by atoms with van der Waals surface area (Å²) in [4.78, 5) is 0. The van der Waals surface area contributed by atoms with Gasteiger partial charge in [0.15, 0.2) is 5.60 Å². The summed E-state index contributed by atoms with van der Waals surface area (Å²) in [6, 6.07) is 0. The van der Waals surface area contributed by atoms with Crippen molar-refractivity contribution in [2.75, 3.05) is 6.61 Å². The summed E-state index contributed by atoms with van der Waals surface area (Å²) in [5.41, 5.74) is -2.54. The molecule has 0 aliphatic heterocycles. The predicted molar refractivity (Wildman–Crippen MR) is 53.7 cm³/mol. The molecule has 0 spiro atoms. The van der Waals surface area contributed by atoms with Gasteiger partial charge in [0.25, 0.3) is 0 Å². The summed E-state index contributed by atoms with van der Waals surface area (Å²) in [5.74, 6) is -0.886. The molecular weight excluding hydrogens is 221 g/mol. The minimum Gasteiger partial charge on any atom is -0.502 e. The molecule has 1 aliphatic carbocycles. The van der Waals surface area contributed by atoms with Crippen LogP contribution in [-0.4, -0.2) is 23.5 Å². The van der Waals surface area contributed by atoms with E-state index in [1.54, 1.807) is 6.92 Å². The lowest BCUT2D eigenvalue weighted by Crippen LogP contribution is -2.48. The molecular formula is C11H17F3O2. The van der Waals surface area contributed by atoms with Gasteiger partial charge in [-0.2, -0.15) is 13.2 Å². The Labute approximate surface area is 93.1 Å². The smallest absolute Gasteiger partial charge is 0.417 e. The van der Waals surface area contributed by atoms with Crippen LogP contribution >= 0.6 is 0 Å². The SMILES string of the molecule is C=COCCC1CC(C)CC1(O)C(F)(F)F. The third-order valence-corrected chi connectivity index (χ3v) is 3.21. The van der Waals surface area contributed by atoms with Gasteiger partial charge < -0.3 is 9.84 Å². The Hall–Kier alpha value is -0.710. The van der Waals surface area contributed by atoms with Gasteiger partial charge in [0, 0.05) is 5.92 Å². The zero-order valence-corrected chi connectivity index (χ0v) is 9.26. The van der Waals surface area contributed by atoms with E-state index in [0.717, 1.165) is 0 Å². The Morgan fingerprint density at radius 2 is 2.19 bits per heavy atom. The van der Waals surface area contributed by atoms with Gasteiger partial charge in [0.05, 0.1) is 12.9 Å². The maximum Gasteiger partial charge on any atom is 0.417 e. The Morgan fingerprint density at radius 1 is 1.56 bits per heavy atom. The number of rotatable bonds is 4. The molecule has 3 unspecified atom stereocenters. The van der Waals surface area contributed by atoms with Crippen molar-refractivity contribution in [1.29, 1.82) is 0 Å². The molecule has 1 aliphatic rings. The van der Waals surface area contributed by atoms with Gasteiger partial charge in [0.1, 0.15) is 0 Å². The highest BCUT2D eigenvalue weighted by Crippen LogP contribution is 2.50. The molecule has 94 valence electrons. The van der Waals surface area contributed by atoms with E-state index >= 15 is 0 Å². The van der Waals surface area contributed by atoms with Crippen LogP contribution in [0.1, 0.15) is 26.2 Å². The lowest BCUT2D eigenvalue weighted by Gasteiger charge is -2.32. The van der Waals surface area contributed by atoms with Gasteiger partial charge in [-0.05, 0) is 25.2 Å². The normalized spacial score (nSPS) is 35.1. The molecule has 0 amide bonds. The Morgan fingerprint density at radius 3 is 2.69 bits per heavy atom. The first-order chi connectivity index (χ1) is 7.31. The van der Waals surface area contributed by atoms with Crippen LogP contribution in [0.2, 0.25) is 0 Å². The van der Waals surface area contributed by atoms with Crippen LogP contribution in [0.15, 0.2) is 12.8 Å². The van der Waals surface area contributed by atoms with Crippen LogP contribution in [0.5, 0.6) is 0 Å². The van der Waals surface area contributed by atoms with E-state index in [1.165, 1.54) is 6.26 Å². The molecule has 0 aromatic carbocycles. The maximum atomic E-state index is 12.8. The highest BCUT2D eigenvalue weighted by atomic mass is 19.4. The predicted octanol–water partition coefficient (Wildman–Crippen LogP) is 2.88. The molecule has 2 nitrogen and oxygen atoms in total. The summed E-state index contributed by atoms with van der Waals surface area (Å²) >= 11 is 0. The highest BCUT2D eigenvalue weighted by molar-refractivity contribution is 5.00. The molecule has 0 heterocycles. The van der Waals surface area contributed by atoms with Crippen molar-refractivity contribution in [1.82, 2.24) is 0 Å². The number of hydrogen-bond donors (Lipinski definition) is 1. The van der Waals surface area contributed by atoms with E-state index < -0.39 is 17.7 Å². The van der Waals surface area contributed by atoms with Crippen molar-refractivity contribution >= 4 is 0 Å². The Kier molecular flexibility index (Phi) is 3.88. The standard InChI is InChI=1S/C11H17F3O2/c1-3-16-5-4-9-6-8(2)7-10(9,15)11(12,13)14/h3,8-9,15H,1,4-7H2,2H3. The topological polar surface area (TPSA) is 29.5 Å². The minimum absolute atomic E-state index is 0.111. The summed E-state index contributed by atoms with van der Waals surface area (Å²) in [5, 5.41) is 9.75. The van der Waals surface area contributed by atoms with Crippen LogP contribution in [0.3, 0.4) is 0 Å². The molecule has 0 aromatic rings. The van der Waals surface area contributed by atoms with Crippen molar-refractivity contribution in [3.8, 4) is 0 Å². The molecule has 0 aromatic heterocycles. The van der Waals surface area contributed by atoms with Crippen molar-refractivity contribution in [2.45, 2.75) is 38.0 Å². The molecule has 0 radical (unpaired) electrons. The lowest BCUT2D eigenvalue weighted by molar-refractivity contribution is -0.274. The summed E-state index contributed by atoms with van der Waals surface area (Å²) < 4.78 is 43.1. The van der Waals surface area contributed by atoms with Gasteiger partial charge in [-0.25, -0.2) is 0 Å². The summed E-state index contributed by atoms with van der Waals surface area (Å²) in [6.45, 7) is 5.21. The minimum atomic E-state index is -4.56. The van der Waals surface area contributed by atoms with E-state index in [4.69, 9.17) is 4.74 Å². The molecule has 0 saturated heterocycles. The summed E-state index contributed by atoms with van der Waals surface area (Å²) in [7, 11) is 0. The zero-order chi connectivity index (χ0) is 12.4. The van der Waals surface area contributed by atoms with E-state index in [0.29, 0.717) is 6.42 Å². The van der Waals surface area contributed by atoms with Crippen LogP contribution < -0.4 is 0 Å². The van der Waals surface area contributed by atoms with Gasteiger partial charge in [-0.15, -0.1) is 0 Å². The van der Waals surface area contributed by atoms with Gasteiger partial charge in [-0.1, -0.05) is 13.5 Å². The second-order valence-corrected chi connectivity index (χ2v) is 4.49. The fraction of sp³-hybridized carbons (Fsp3) is 0.818. The van der Waals surface area contributed by atoms with Crippen LogP contribution in [0, 0.1) is 11.8 Å². The van der Waals surface area contributed by atoms with E-state index in [9.17, 15) is 18.3 Å². The van der Waals surface area contributed by atoms with Crippen LogP contribution in [-0.2, 0) is 4.74 Å². The van der Waals surface area contributed by atoms with Gasteiger partial charge in [-0.3, -0.25) is 0 Å². The third kappa shape index (κ3) is 2.51. The first-order valence-corrected chi connectivity index (χ1v) is 5.33. The third-order valence-electron chi connectivity index (χ3n) is 3.21. The molecule has 3 atom stereocenters. The first-order valence-electron chi connectivity index (χ1n) is 5.33. The molecule has 1 rings (SSSR count). The zero-order valence-electron chi connectivity index (χ0n) is 9.26. The molecule has 1 N–H and O–H groups in total. The van der Waals surface area contributed by atoms with Gasteiger partial charge in [0.2, 0.25) is 0 Å². The fourth-order valence-corrected chi connectivity index (χ4v) is 2.46. The Bertz CT molecular complexity index is 252. The Balaban J connectivity index is 2.69. The monoisotopic (exact) mass is 238 g/mol. The van der Waals surface area contributed by atoms with Crippen LogP contribution in [0.25, 0.3) is 0 Å². The van der Waals surface area contributed by atoms with Crippen molar-refractivity contribution < 1.29 is 23.0 Å². The number of alkyl halides is 3. The average Bonchev–Trinajstić information content (AvgIpc) is 2.42. The second kappa shape index (κ2) is 4.65. The molecule has 1 fully saturated rings. The van der Waals surface area contributed by atoms with E-state index in [1.807, 2.05) is 0 Å². The lowest BCUT2D eigenvalue weighted by atomic mass is 9.88. The first kappa shape index (κ1) is 13.4. The summed E-state index contributed by atoms with van der Waals surface area (Å²) in [6.07, 6.45) is -2.99. The van der Waals surface area contributed by atoms with Gasteiger partial charge >= 0.3 is 6.18 Å². The average molecular weight is 238 g/mol. The molecule has 0 bridgehead atoms. The van der Waals surface area contributed by atoms with Crippen molar-refractivity contribution in [3.63, 3.8) is 0 Å². The largest absolute Gasteiger partial charge is 0.502 e. The van der Waals surface area contributed by atoms with Crippen molar-refractivity contribution in [3.05, 3.63) is 12.8 Å². The fourth-order valence-electron chi connectivity index (χ4n) is 2.46. The molecule has 1 saturated carbocycles. The highest BCUT2D eigenvalue weighted by Gasteiger charge is 2.61. The van der Waals surface area contributed by atoms with Crippen molar-refractivity contribution in [2.24, 2.45) is 11.8 Å². The quantitative estimate of drug-likeness (QED) is 0.602. The number of hydrogen-bond acceptors (Lipinski definition) is 2. The van der Waals surface area contributed by atoms with E-state index in [-0.39, 0.29) is 25.4 Å².